The van der Waals surface area contributed by atoms with Crippen LogP contribution in [-0.2, 0) is 17.6 Å². The number of fused-ring (bicyclic) bond motifs is 1. The lowest BCUT2D eigenvalue weighted by Gasteiger charge is -2.10. The number of nitrogens with zero attached hydrogens (tertiary/aromatic N) is 3. The third kappa shape index (κ3) is 4.18. The number of hydrogen-bond donors (Lipinski definition) is 0. The molecule has 0 aliphatic rings. The van der Waals surface area contributed by atoms with Gasteiger partial charge < -0.3 is 4.74 Å². The summed E-state index contributed by atoms with van der Waals surface area (Å²) < 4.78 is 7.55. The molecule has 0 fully saturated rings. The van der Waals surface area contributed by atoms with Crippen molar-refractivity contribution >= 4 is 23.0 Å². The summed E-state index contributed by atoms with van der Waals surface area (Å²) in [6.45, 7) is 1.42. The van der Waals surface area contributed by atoms with Gasteiger partial charge >= 0.3 is 5.97 Å². The molecule has 5 aromatic rings. The Morgan fingerprint density at radius 3 is 2.34 bits per heavy atom. The van der Waals surface area contributed by atoms with Crippen molar-refractivity contribution in [2.45, 2.75) is 19.8 Å². The molecule has 0 N–H and O–H groups in total. The number of esters is 1. The number of benzene rings is 2. The molecule has 5 rings (SSSR count). The van der Waals surface area contributed by atoms with Gasteiger partial charge in [-0.3, -0.25) is 9.20 Å². The zero-order chi connectivity index (χ0) is 21.9. The van der Waals surface area contributed by atoms with E-state index in [-0.39, 0.29) is 5.97 Å². The molecule has 0 aliphatic heterocycles. The van der Waals surface area contributed by atoms with E-state index in [1.807, 2.05) is 70.6 Å². The first kappa shape index (κ1) is 20.2. The van der Waals surface area contributed by atoms with Gasteiger partial charge in [0.15, 0.2) is 5.65 Å². The highest BCUT2D eigenvalue weighted by Crippen LogP contribution is 2.30. The van der Waals surface area contributed by atoms with Crippen molar-refractivity contribution in [1.29, 1.82) is 0 Å². The standard InChI is InChI=1S/C26H21N3O2S/c1-18(30)31-26-23(16-21-13-8-14-32-21)28-25-22(15-19-9-4-2-5-10-19)27-24(17-29(25)26)20-11-6-3-7-12-20/h2-14,17H,15-16H2,1H3. The highest BCUT2D eigenvalue weighted by Gasteiger charge is 2.21. The highest BCUT2D eigenvalue weighted by atomic mass is 32.1. The Morgan fingerprint density at radius 2 is 1.66 bits per heavy atom. The van der Waals surface area contributed by atoms with Crippen molar-refractivity contribution < 1.29 is 9.53 Å². The van der Waals surface area contributed by atoms with Crippen LogP contribution in [0.4, 0.5) is 0 Å². The smallest absolute Gasteiger partial charge is 0.309 e. The lowest BCUT2D eigenvalue weighted by Crippen LogP contribution is -2.07. The van der Waals surface area contributed by atoms with Gasteiger partial charge in [0.05, 0.1) is 11.4 Å². The number of hydrogen-bond acceptors (Lipinski definition) is 5. The number of thiophene rings is 1. The van der Waals surface area contributed by atoms with Crippen LogP contribution in [0.2, 0.25) is 0 Å². The van der Waals surface area contributed by atoms with Crippen LogP contribution in [0, 0.1) is 0 Å². The van der Waals surface area contributed by atoms with E-state index < -0.39 is 0 Å². The summed E-state index contributed by atoms with van der Waals surface area (Å²) in [7, 11) is 0. The molecular weight excluding hydrogens is 418 g/mol. The number of carbonyl (C=O) groups is 1. The molecule has 0 amide bonds. The maximum Gasteiger partial charge on any atom is 0.309 e. The molecule has 0 saturated heterocycles. The molecule has 5 nitrogen and oxygen atoms in total. The summed E-state index contributed by atoms with van der Waals surface area (Å²) in [5.74, 6) is 0.0803. The number of ether oxygens (including phenoxy) is 1. The van der Waals surface area contributed by atoms with Gasteiger partial charge in [-0.25, -0.2) is 9.97 Å². The molecule has 0 unspecified atom stereocenters. The molecule has 3 aromatic heterocycles. The predicted molar refractivity (Wildman–Crippen MR) is 126 cm³/mol. The number of imidazole rings is 1. The first-order chi connectivity index (χ1) is 15.7. The van der Waals surface area contributed by atoms with Crippen molar-refractivity contribution in [2.24, 2.45) is 0 Å². The van der Waals surface area contributed by atoms with Gasteiger partial charge in [-0.05, 0) is 17.0 Å². The van der Waals surface area contributed by atoms with Crippen molar-refractivity contribution in [1.82, 2.24) is 14.4 Å². The van der Waals surface area contributed by atoms with Crippen molar-refractivity contribution in [2.75, 3.05) is 0 Å². The Labute approximate surface area is 190 Å². The third-order valence-corrected chi connectivity index (χ3v) is 6.02. The summed E-state index contributed by atoms with van der Waals surface area (Å²) >= 11 is 1.66. The predicted octanol–water partition coefficient (Wildman–Crippen LogP) is 5.56. The fourth-order valence-corrected chi connectivity index (χ4v) is 4.44. The zero-order valence-electron chi connectivity index (χ0n) is 17.6. The monoisotopic (exact) mass is 439 g/mol. The maximum atomic E-state index is 12.0. The van der Waals surface area contributed by atoms with Gasteiger partial charge in [0.25, 0.3) is 0 Å². The minimum absolute atomic E-state index is 0.373. The zero-order valence-corrected chi connectivity index (χ0v) is 18.4. The number of carbonyl (C=O) groups excluding carboxylic acids is 1. The SMILES string of the molecule is CC(=O)Oc1c(Cc2cccs2)nc2c(Cc3ccccc3)nc(-c3ccccc3)cn12. The topological polar surface area (TPSA) is 56.5 Å². The lowest BCUT2D eigenvalue weighted by atomic mass is 10.1. The number of rotatable bonds is 6. The van der Waals surface area contributed by atoms with Gasteiger partial charge in [-0.15, -0.1) is 11.3 Å². The Hall–Kier alpha value is -3.77. The van der Waals surface area contributed by atoms with Crippen LogP contribution in [-0.4, -0.2) is 20.3 Å². The normalized spacial score (nSPS) is 11.0. The van der Waals surface area contributed by atoms with E-state index in [1.165, 1.54) is 6.92 Å². The number of aromatic nitrogens is 3. The van der Waals surface area contributed by atoms with E-state index in [0.717, 1.165) is 33.1 Å². The molecule has 3 heterocycles. The summed E-state index contributed by atoms with van der Waals surface area (Å²) in [5, 5.41) is 2.03. The van der Waals surface area contributed by atoms with E-state index >= 15 is 0 Å². The van der Waals surface area contributed by atoms with Gasteiger partial charge in [-0.1, -0.05) is 66.7 Å². The summed E-state index contributed by atoms with van der Waals surface area (Å²) in [6, 6.07) is 24.3. The van der Waals surface area contributed by atoms with E-state index in [4.69, 9.17) is 14.7 Å². The van der Waals surface area contributed by atoms with Gasteiger partial charge in [0.2, 0.25) is 5.88 Å². The van der Waals surface area contributed by atoms with Crippen LogP contribution in [0.1, 0.15) is 28.8 Å². The van der Waals surface area contributed by atoms with Crippen molar-refractivity contribution in [3.63, 3.8) is 0 Å². The van der Waals surface area contributed by atoms with Gasteiger partial charge in [0.1, 0.15) is 5.69 Å². The van der Waals surface area contributed by atoms with Crippen LogP contribution < -0.4 is 4.74 Å². The van der Waals surface area contributed by atoms with Crippen LogP contribution in [0.3, 0.4) is 0 Å². The second-order valence-corrected chi connectivity index (χ2v) is 8.54. The summed E-state index contributed by atoms with van der Waals surface area (Å²) in [6.07, 6.45) is 3.12. The molecule has 6 heteroatoms. The molecule has 0 aliphatic carbocycles. The molecule has 2 aromatic carbocycles. The average molecular weight is 440 g/mol. The van der Waals surface area contributed by atoms with Crippen molar-refractivity contribution in [3.05, 3.63) is 106 Å². The summed E-state index contributed by atoms with van der Waals surface area (Å²) in [5.41, 5.74) is 5.20. The average Bonchev–Trinajstić information content (AvgIpc) is 3.44. The van der Waals surface area contributed by atoms with E-state index in [2.05, 4.69) is 18.2 Å². The van der Waals surface area contributed by atoms with Crippen molar-refractivity contribution in [3.8, 4) is 17.1 Å². The lowest BCUT2D eigenvalue weighted by molar-refractivity contribution is -0.132. The van der Waals surface area contributed by atoms with Crippen LogP contribution >= 0.6 is 11.3 Å². The minimum Gasteiger partial charge on any atom is -0.407 e. The molecule has 0 bridgehead atoms. The van der Waals surface area contributed by atoms with Crippen LogP contribution in [0.15, 0.2) is 84.4 Å². The Kier molecular flexibility index (Phi) is 5.52. The van der Waals surface area contributed by atoms with Gasteiger partial charge in [0, 0.05) is 36.4 Å². The Bertz CT molecular complexity index is 1360. The van der Waals surface area contributed by atoms with Gasteiger partial charge in [-0.2, -0.15) is 0 Å². The Morgan fingerprint density at radius 1 is 0.906 bits per heavy atom. The maximum absolute atomic E-state index is 12.0. The molecule has 0 saturated carbocycles. The molecular formula is C26H21N3O2S. The first-order valence-electron chi connectivity index (χ1n) is 10.4. The fourth-order valence-electron chi connectivity index (χ4n) is 3.73. The molecule has 158 valence electrons. The molecule has 32 heavy (non-hydrogen) atoms. The summed E-state index contributed by atoms with van der Waals surface area (Å²) in [4.78, 5) is 23.0. The molecule has 0 radical (unpaired) electrons. The van der Waals surface area contributed by atoms with E-state index in [1.54, 1.807) is 11.3 Å². The first-order valence-corrected chi connectivity index (χ1v) is 11.3. The molecule has 0 spiro atoms. The van der Waals surface area contributed by atoms with E-state index in [9.17, 15) is 4.79 Å². The fraction of sp³-hybridized carbons (Fsp3) is 0.115. The Balaban J connectivity index is 1.72. The van der Waals surface area contributed by atoms with Crippen LogP contribution in [0.5, 0.6) is 5.88 Å². The largest absolute Gasteiger partial charge is 0.407 e. The highest BCUT2D eigenvalue weighted by molar-refractivity contribution is 7.09. The third-order valence-electron chi connectivity index (χ3n) is 5.15. The second kappa shape index (κ2) is 8.77. The quantitative estimate of drug-likeness (QED) is 0.325. The van der Waals surface area contributed by atoms with Crippen LogP contribution in [0.25, 0.3) is 16.9 Å². The second-order valence-electron chi connectivity index (χ2n) is 7.51. The molecule has 0 atom stereocenters. The minimum atomic E-state index is -0.373. The van der Waals surface area contributed by atoms with E-state index in [0.29, 0.717) is 24.4 Å².